The molecule has 80 valence electrons. The lowest BCUT2D eigenvalue weighted by molar-refractivity contribution is 0.169. The molecular weight excluding hydrogens is 231 g/mol. The van der Waals surface area contributed by atoms with E-state index < -0.39 is 6.10 Å². The van der Waals surface area contributed by atoms with E-state index in [1.54, 1.807) is 25.1 Å². The Balaban J connectivity index is 2.68. The average Bonchev–Trinajstić information content (AvgIpc) is 2.22. The monoisotopic (exact) mass is 242 g/mol. The second kappa shape index (κ2) is 6.02. The van der Waals surface area contributed by atoms with Crippen LogP contribution >= 0.6 is 23.2 Å². The van der Waals surface area contributed by atoms with Gasteiger partial charge in [-0.1, -0.05) is 29.3 Å². The van der Waals surface area contributed by atoms with Crippen molar-refractivity contribution in [2.24, 2.45) is 0 Å². The van der Waals surface area contributed by atoms with Crippen molar-refractivity contribution in [3.63, 3.8) is 0 Å². The lowest BCUT2D eigenvalue weighted by atomic mass is 10.1. The largest absolute Gasteiger partial charge is 0.388 e. The molecule has 0 aliphatic rings. The topological polar surface area (TPSA) is 20.2 Å². The maximum atomic E-state index is 9.79. The van der Waals surface area contributed by atoms with E-state index in [1.807, 2.05) is 0 Å². The third-order valence-electron chi connectivity index (χ3n) is 2.05. The maximum Gasteiger partial charge on any atom is 0.0799 e. The van der Waals surface area contributed by atoms with Crippen molar-refractivity contribution < 1.29 is 5.11 Å². The van der Waals surface area contributed by atoms with Crippen molar-refractivity contribution in [2.45, 2.75) is 25.9 Å². The number of hydrogen-bond acceptors (Lipinski definition) is 1. The molecule has 0 aromatic heterocycles. The van der Waals surface area contributed by atoms with Gasteiger partial charge in [-0.2, -0.15) is 0 Å². The van der Waals surface area contributed by atoms with Gasteiger partial charge in [0.25, 0.3) is 0 Å². The highest BCUT2D eigenvalue weighted by atomic mass is 35.5. The number of aliphatic hydroxyl groups is 1. The predicted molar refractivity (Wildman–Crippen MR) is 64.1 cm³/mol. The lowest BCUT2D eigenvalue weighted by Crippen LogP contribution is -1.96. The van der Waals surface area contributed by atoms with E-state index in [2.05, 4.69) is 11.8 Å². The number of benzene rings is 1. The van der Waals surface area contributed by atoms with E-state index in [-0.39, 0.29) is 0 Å². The summed E-state index contributed by atoms with van der Waals surface area (Å²) in [6.07, 6.45) is 0.761. The van der Waals surface area contributed by atoms with Crippen molar-refractivity contribution in [2.75, 3.05) is 0 Å². The van der Waals surface area contributed by atoms with Gasteiger partial charge in [0.1, 0.15) is 0 Å². The van der Waals surface area contributed by atoms with Gasteiger partial charge < -0.3 is 5.11 Å². The number of hydrogen-bond donors (Lipinski definition) is 1. The van der Waals surface area contributed by atoms with Crippen molar-refractivity contribution >= 4 is 23.2 Å². The molecule has 15 heavy (non-hydrogen) atoms. The molecule has 0 aliphatic heterocycles. The van der Waals surface area contributed by atoms with Crippen LogP contribution in [0.4, 0.5) is 0 Å². The van der Waals surface area contributed by atoms with Crippen LogP contribution in [0.1, 0.15) is 31.4 Å². The molecule has 1 rings (SSSR count). The molecular formula is C12H12Cl2O. The summed E-state index contributed by atoms with van der Waals surface area (Å²) < 4.78 is 0. The third kappa shape index (κ3) is 3.76. The number of halogens is 2. The summed E-state index contributed by atoms with van der Waals surface area (Å²) in [5.41, 5.74) is 0.780. The summed E-state index contributed by atoms with van der Waals surface area (Å²) in [6.45, 7) is 1.78. The van der Waals surface area contributed by atoms with Crippen LogP contribution in [0.5, 0.6) is 0 Å². The zero-order chi connectivity index (χ0) is 11.3. The minimum atomic E-state index is -0.527. The van der Waals surface area contributed by atoms with Crippen LogP contribution in [-0.4, -0.2) is 5.11 Å². The molecule has 1 aromatic carbocycles. The van der Waals surface area contributed by atoms with E-state index in [0.717, 1.165) is 5.56 Å². The Hall–Kier alpha value is -0.680. The standard InChI is InChI=1S/C12H12Cl2O/c1-2-3-4-5-12(15)9-6-7-10(13)11(14)8-9/h6-8,12,15H,4-5H2,1H3. The SMILES string of the molecule is CC#CCCC(O)c1ccc(Cl)c(Cl)c1. The van der Waals surface area contributed by atoms with Gasteiger partial charge in [0.15, 0.2) is 0 Å². The molecule has 1 aromatic rings. The second-order valence-corrected chi connectivity index (χ2v) is 3.97. The summed E-state index contributed by atoms with van der Waals surface area (Å²) in [4.78, 5) is 0. The molecule has 0 amide bonds. The van der Waals surface area contributed by atoms with Crippen molar-refractivity contribution in [3.05, 3.63) is 33.8 Å². The van der Waals surface area contributed by atoms with Crippen LogP contribution in [0.2, 0.25) is 10.0 Å². The molecule has 1 atom stereocenters. The summed E-state index contributed by atoms with van der Waals surface area (Å²) in [7, 11) is 0. The minimum Gasteiger partial charge on any atom is -0.388 e. The molecule has 0 saturated carbocycles. The Morgan fingerprint density at radius 2 is 2.07 bits per heavy atom. The number of rotatable bonds is 3. The first kappa shape index (κ1) is 12.4. The molecule has 0 fully saturated rings. The lowest BCUT2D eigenvalue weighted by Gasteiger charge is -2.09. The first-order valence-corrected chi connectivity index (χ1v) is 5.43. The summed E-state index contributed by atoms with van der Waals surface area (Å²) in [5.74, 6) is 5.69. The molecule has 3 heteroatoms. The maximum absolute atomic E-state index is 9.79. The quantitative estimate of drug-likeness (QED) is 0.800. The Morgan fingerprint density at radius 3 is 2.67 bits per heavy atom. The van der Waals surface area contributed by atoms with Gasteiger partial charge in [-0.05, 0) is 31.0 Å². The van der Waals surface area contributed by atoms with Crippen molar-refractivity contribution in [1.82, 2.24) is 0 Å². The molecule has 0 bridgehead atoms. The molecule has 1 unspecified atom stereocenters. The first-order chi connectivity index (χ1) is 7.15. The Morgan fingerprint density at radius 1 is 1.33 bits per heavy atom. The van der Waals surface area contributed by atoms with Crippen LogP contribution in [0.25, 0.3) is 0 Å². The molecule has 1 nitrogen and oxygen atoms in total. The van der Waals surface area contributed by atoms with E-state index in [4.69, 9.17) is 23.2 Å². The first-order valence-electron chi connectivity index (χ1n) is 4.67. The highest BCUT2D eigenvalue weighted by Gasteiger charge is 2.08. The van der Waals surface area contributed by atoms with Crippen LogP contribution in [0, 0.1) is 11.8 Å². The Bertz CT molecular complexity index is 390. The molecule has 0 saturated heterocycles. The van der Waals surface area contributed by atoms with Gasteiger partial charge in [0, 0.05) is 6.42 Å². The summed E-state index contributed by atoms with van der Waals surface area (Å²) >= 11 is 11.6. The van der Waals surface area contributed by atoms with Crippen LogP contribution in [-0.2, 0) is 0 Å². The Kier molecular flexibility index (Phi) is 4.98. The fraction of sp³-hybridized carbons (Fsp3) is 0.333. The van der Waals surface area contributed by atoms with Gasteiger partial charge in [-0.3, -0.25) is 0 Å². The fourth-order valence-electron chi connectivity index (χ4n) is 1.22. The van der Waals surface area contributed by atoms with Gasteiger partial charge in [-0.15, -0.1) is 11.8 Å². The predicted octanol–water partition coefficient (Wildman–Crippen LogP) is 3.83. The molecule has 0 spiro atoms. The molecule has 0 radical (unpaired) electrons. The normalized spacial score (nSPS) is 11.7. The highest BCUT2D eigenvalue weighted by Crippen LogP contribution is 2.27. The molecule has 1 N–H and O–H groups in total. The van der Waals surface area contributed by atoms with Gasteiger partial charge >= 0.3 is 0 Å². The van der Waals surface area contributed by atoms with E-state index in [0.29, 0.717) is 22.9 Å². The minimum absolute atomic E-state index is 0.467. The van der Waals surface area contributed by atoms with Gasteiger partial charge in [-0.25, -0.2) is 0 Å². The van der Waals surface area contributed by atoms with Crippen molar-refractivity contribution in [1.29, 1.82) is 0 Å². The zero-order valence-electron chi connectivity index (χ0n) is 8.43. The second-order valence-electron chi connectivity index (χ2n) is 3.15. The third-order valence-corrected chi connectivity index (χ3v) is 2.79. The summed E-state index contributed by atoms with van der Waals surface area (Å²) in [5, 5.41) is 10.8. The van der Waals surface area contributed by atoms with Crippen LogP contribution in [0.15, 0.2) is 18.2 Å². The number of aliphatic hydroxyl groups excluding tert-OH is 1. The molecule has 0 aliphatic carbocycles. The van der Waals surface area contributed by atoms with Crippen molar-refractivity contribution in [3.8, 4) is 11.8 Å². The van der Waals surface area contributed by atoms with Crippen LogP contribution in [0.3, 0.4) is 0 Å². The van der Waals surface area contributed by atoms with E-state index in [1.165, 1.54) is 0 Å². The fourth-order valence-corrected chi connectivity index (χ4v) is 1.53. The highest BCUT2D eigenvalue weighted by molar-refractivity contribution is 6.42. The Labute approximate surface area is 100 Å². The molecule has 0 heterocycles. The zero-order valence-corrected chi connectivity index (χ0v) is 9.94. The smallest absolute Gasteiger partial charge is 0.0799 e. The van der Waals surface area contributed by atoms with E-state index >= 15 is 0 Å². The van der Waals surface area contributed by atoms with Crippen LogP contribution < -0.4 is 0 Å². The summed E-state index contributed by atoms with van der Waals surface area (Å²) in [6, 6.07) is 5.15. The van der Waals surface area contributed by atoms with E-state index in [9.17, 15) is 5.11 Å². The van der Waals surface area contributed by atoms with Gasteiger partial charge in [0.05, 0.1) is 16.1 Å². The van der Waals surface area contributed by atoms with Gasteiger partial charge in [0.2, 0.25) is 0 Å². The average molecular weight is 243 g/mol.